The minimum absolute atomic E-state index is 0.00957. The van der Waals surface area contributed by atoms with E-state index in [1.54, 1.807) is 0 Å². The number of aliphatic hydroxyl groups is 1. The third-order valence-electron chi connectivity index (χ3n) is 7.90. The molecule has 0 aliphatic heterocycles. The van der Waals surface area contributed by atoms with E-state index in [1.165, 1.54) is 18.4 Å². The van der Waals surface area contributed by atoms with E-state index in [-0.39, 0.29) is 22.3 Å². The first-order valence-corrected chi connectivity index (χ1v) is 9.36. The van der Waals surface area contributed by atoms with Gasteiger partial charge in [0, 0.05) is 6.42 Å². The molecule has 0 unspecified atom stereocenters. The maximum atomic E-state index is 11.8. The normalized spacial score (nSPS) is 54.3. The average molecular weight is 323 g/mol. The number of hydrogen-bond donors (Lipinski definition) is 1. The molecule has 22 heavy (non-hydrogen) atoms. The Hall–Kier alpha value is -0.340. The second-order valence-corrected chi connectivity index (χ2v) is 9.27. The molecule has 0 saturated heterocycles. The van der Waals surface area contributed by atoms with Crippen molar-refractivity contribution >= 4 is 17.4 Å². The van der Waals surface area contributed by atoms with E-state index in [2.05, 4.69) is 13.8 Å². The van der Waals surface area contributed by atoms with Crippen molar-refractivity contribution in [3.8, 4) is 0 Å². The van der Waals surface area contributed by atoms with Gasteiger partial charge in [0.1, 0.15) is 0 Å². The molecule has 0 heterocycles. The van der Waals surface area contributed by atoms with Crippen LogP contribution in [0.25, 0.3) is 0 Å². The lowest BCUT2D eigenvalue weighted by molar-refractivity contribution is -0.118. The van der Waals surface area contributed by atoms with Gasteiger partial charge in [-0.1, -0.05) is 19.4 Å². The molecule has 3 fully saturated rings. The second-order valence-electron chi connectivity index (χ2n) is 8.71. The van der Waals surface area contributed by atoms with E-state index in [4.69, 9.17) is 11.6 Å². The summed E-state index contributed by atoms with van der Waals surface area (Å²) >= 11 is 6.44. The van der Waals surface area contributed by atoms with Crippen LogP contribution >= 0.6 is 11.6 Å². The molecule has 0 bridgehead atoms. The lowest BCUT2D eigenvalue weighted by Crippen LogP contribution is -2.51. The molecule has 122 valence electrons. The highest BCUT2D eigenvalue weighted by Crippen LogP contribution is 2.65. The van der Waals surface area contributed by atoms with Crippen LogP contribution in [-0.4, -0.2) is 22.4 Å². The Kier molecular flexibility index (Phi) is 3.34. The lowest BCUT2D eigenvalue weighted by atomic mass is 9.47. The van der Waals surface area contributed by atoms with Crippen LogP contribution < -0.4 is 0 Å². The molecule has 4 rings (SSSR count). The number of ketones is 1. The fraction of sp³-hybridized carbons (Fsp3) is 0.842. The summed E-state index contributed by atoms with van der Waals surface area (Å²) in [6.07, 6.45) is 8.82. The summed E-state index contributed by atoms with van der Waals surface area (Å²) in [5, 5.41) is 10.5. The third kappa shape index (κ3) is 1.86. The van der Waals surface area contributed by atoms with Crippen LogP contribution in [0.3, 0.4) is 0 Å². The molecule has 3 heteroatoms. The Morgan fingerprint density at radius 1 is 1.18 bits per heavy atom. The lowest BCUT2D eigenvalue weighted by Gasteiger charge is -2.57. The summed E-state index contributed by atoms with van der Waals surface area (Å²) in [6.45, 7) is 4.66. The monoisotopic (exact) mass is 322 g/mol. The van der Waals surface area contributed by atoms with Crippen molar-refractivity contribution in [2.45, 2.75) is 70.3 Å². The number of hydrogen-bond acceptors (Lipinski definition) is 2. The van der Waals surface area contributed by atoms with Gasteiger partial charge in [0.25, 0.3) is 0 Å². The van der Waals surface area contributed by atoms with Crippen molar-refractivity contribution in [2.24, 2.45) is 28.6 Å². The van der Waals surface area contributed by atoms with Crippen molar-refractivity contribution < 1.29 is 9.90 Å². The van der Waals surface area contributed by atoms with Gasteiger partial charge in [-0.25, -0.2) is 0 Å². The first-order chi connectivity index (χ1) is 10.4. The molecule has 3 saturated carbocycles. The number of carbonyl (C=O) groups is 1. The molecule has 2 nitrogen and oxygen atoms in total. The third-order valence-corrected chi connectivity index (χ3v) is 8.31. The molecule has 0 radical (unpaired) electrons. The molecule has 0 aromatic carbocycles. The standard InChI is InChI=1S/C19H27ClO2/c1-18-7-5-12(21)9-11(18)3-4-13-14(18)6-8-19(2)15(13)10-16(20)17(19)22/h9,13-17,22H,3-8,10H2,1-2H3/t13-,14+,15+,16+,17-,18+,19+/m1/s1. The number of allylic oxidation sites excluding steroid dienone is 1. The number of aliphatic hydroxyl groups excluding tert-OH is 1. The maximum absolute atomic E-state index is 11.8. The highest BCUT2D eigenvalue weighted by Gasteiger charge is 2.60. The van der Waals surface area contributed by atoms with Gasteiger partial charge < -0.3 is 5.11 Å². The molecule has 0 amide bonds. The highest BCUT2D eigenvalue weighted by molar-refractivity contribution is 6.21. The summed E-state index contributed by atoms with van der Waals surface area (Å²) in [7, 11) is 0. The fourth-order valence-electron chi connectivity index (χ4n) is 6.50. The predicted molar refractivity (Wildman–Crippen MR) is 87.7 cm³/mol. The van der Waals surface area contributed by atoms with Crippen molar-refractivity contribution in [3.63, 3.8) is 0 Å². The van der Waals surface area contributed by atoms with Gasteiger partial charge in [-0.15, -0.1) is 11.6 Å². The van der Waals surface area contributed by atoms with Crippen LogP contribution in [0.1, 0.15) is 58.8 Å². The topological polar surface area (TPSA) is 37.3 Å². The zero-order chi connectivity index (χ0) is 15.7. The van der Waals surface area contributed by atoms with E-state index < -0.39 is 0 Å². The molecule has 0 aromatic heterocycles. The largest absolute Gasteiger partial charge is 0.391 e. The Bertz CT molecular complexity index is 542. The van der Waals surface area contributed by atoms with E-state index in [1.807, 2.05) is 6.08 Å². The van der Waals surface area contributed by atoms with Crippen LogP contribution in [0.5, 0.6) is 0 Å². The SMILES string of the molecule is C[C@]12CC[C@H]3[C@@H](CCC4=CC(=O)CC[C@@]43C)[C@@H]1C[C@H](Cl)[C@H]2O. The van der Waals surface area contributed by atoms with Gasteiger partial charge in [-0.2, -0.15) is 0 Å². The fourth-order valence-corrected chi connectivity index (χ4v) is 6.98. The van der Waals surface area contributed by atoms with Gasteiger partial charge in [0.05, 0.1) is 11.5 Å². The Morgan fingerprint density at radius 2 is 1.95 bits per heavy atom. The molecule has 0 spiro atoms. The zero-order valence-corrected chi connectivity index (χ0v) is 14.4. The molecular weight excluding hydrogens is 296 g/mol. The molecule has 7 atom stereocenters. The quantitative estimate of drug-likeness (QED) is 0.682. The molecular formula is C19H27ClO2. The van der Waals surface area contributed by atoms with Crippen molar-refractivity contribution in [1.29, 1.82) is 0 Å². The molecule has 4 aliphatic carbocycles. The van der Waals surface area contributed by atoms with E-state index in [0.29, 0.717) is 30.0 Å². The molecule has 4 aliphatic rings. The van der Waals surface area contributed by atoms with Gasteiger partial charge in [0.2, 0.25) is 0 Å². The summed E-state index contributed by atoms with van der Waals surface area (Å²) in [5.41, 5.74) is 1.64. The summed E-state index contributed by atoms with van der Waals surface area (Å²) < 4.78 is 0. The average Bonchev–Trinajstić information content (AvgIpc) is 2.72. The second kappa shape index (κ2) is 4.83. The van der Waals surface area contributed by atoms with Crippen molar-refractivity contribution in [2.75, 3.05) is 0 Å². The number of alkyl halides is 1. The van der Waals surface area contributed by atoms with Crippen LogP contribution in [0.2, 0.25) is 0 Å². The number of carbonyl (C=O) groups excluding carboxylic acids is 1. The van der Waals surface area contributed by atoms with Gasteiger partial charge in [-0.05, 0) is 73.2 Å². The van der Waals surface area contributed by atoms with Crippen LogP contribution in [-0.2, 0) is 4.79 Å². The number of fused-ring (bicyclic) bond motifs is 5. The predicted octanol–water partition coefficient (Wildman–Crippen LogP) is 4.10. The highest BCUT2D eigenvalue weighted by atomic mass is 35.5. The first-order valence-electron chi connectivity index (χ1n) is 8.92. The van der Waals surface area contributed by atoms with Crippen LogP contribution in [0, 0.1) is 28.6 Å². The summed E-state index contributed by atoms with van der Waals surface area (Å²) in [5.74, 6) is 2.23. The maximum Gasteiger partial charge on any atom is 0.155 e. The Labute approximate surface area is 138 Å². The summed E-state index contributed by atoms with van der Waals surface area (Å²) in [4.78, 5) is 11.8. The molecule has 1 N–H and O–H groups in total. The van der Waals surface area contributed by atoms with Gasteiger partial charge in [-0.3, -0.25) is 4.79 Å². The smallest absolute Gasteiger partial charge is 0.155 e. The number of halogens is 1. The summed E-state index contributed by atoms with van der Waals surface area (Å²) in [6, 6.07) is 0. The van der Waals surface area contributed by atoms with E-state index in [9.17, 15) is 9.90 Å². The Balaban J connectivity index is 1.69. The molecule has 0 aromatic rings. The van der Waals surface area contributed by atoms with Gasteiger partial charge in [0.15, 0.2) is 5.78 Å². The van der Waals surface area contributed by atoms with E-state index >= 15 is 0 Å². The van der Waals surface area contributed by atoms with Gasteiger partial charge >= 0.3 is 0 Å². The first kappa shape index (κ1) is 15.2. The van der Waals surface area contributed by atoms with Crippen LogP contribution in [0.4, 0.5) is 0 Å². The minimum atomic E-state index is -0.349. The minimum Gasteiger partial charge on any atom is -0.391 e. The Morgan fingerprint density at radius 3 is 2.73 bits per heavy atom. The van der Waals surface area contributed by atoms with Crippen LogP contribution in [0.15, 0.2) is 11.6 Å². The van der Waals surface area contributed by atoms with Crippen molar-refractivity contribution in [3.05, 3.63) is 11.6 Å². The zero-order valence-electron chi connectivity index (χ0n) is 13.6. The van der Waals surface area contributed by atoms with E-state index in [0.717, 1.165) is 25.7 Å². The van der Waals surface area contributed by atoms with Crippen molar-refractivity contribution in [1.82, 2.24) is 0 Å². The number of rotatable bonds is 0.